The lowest BCUT2D eigenvalue weighted by Gasteiger charge is -2.08. The van der Waals surface area contributed by atoms with Gasteiger partial charge in [-0.1, -0.05) is 41.6 Å². The molecule has 3 N–H and O–H groups in total. The van der Waals surface area contributed by atoms with E-state index in [-0.39, 0.29) is 16.5 Å². The number of nitrogens with one attached hydrogen (secondary N) is 1. The molecule has 0 spiro atoms. The lowest BCUT2D eigenvalue weighted by molar-refractivity contribution is 0.0607. The minimum atomic E-state index is -0.542. The van der Waals surface area contributed by atoms with Crippen molar-refractivity contribution in [1.82, 2.24) is 0 Å². The number of carbonyl (C=O) groups excluding carboxylic acids is 2. The molecule has 0 radical (unpaired) electrons. The molecule has 1 amide bonds. The van der Waals surface area contributed by atoms with Crippen molar-refractivity contribution in [2.75, 3.05) is 18.2 Å². The molecule has 0 aliphatic carbocycles. The molecule has 2 aromatic carbocycles. The summed E-state index contributed by atoms with van der Waals surface area (Å²) in [5, 5.41) is 3.35. The predicted molar refractivity (Wildman–Crippen MR) is 110 cm³/mol. The lowest BCUT2D eigenvalue weighted by atomic mass is 10.2. The van der Waals surface area contributed by atoms with E-state index in [1.54, 1.807) is 24.3 Å². The van der Waals surface area contributed by atoms with Crippen LogP contribution in [0.2, 0.25) is 5.02 Å². The van der Waals surface area contributed by atoms with Crippen LogP contribution < -0.4 is 11.1 Å². The molecule has 27 heavy (non-hydrogen) atoms. The first-order chi connectivity index (χ1) is 13.0. The first-order valence-corrected chi connectivity index (χ1v) is 9.81. The maximum absolute atomic E-state index is 12.6. The largest absolute Gasteiger partial charge is 0.465 e. The SMILES string of the molecule is COC(=O)c1sc(Sc2ccccc2)c(NC(=O)c2ccc(Cl)cc2)c1N. The smallest absolute Gasteiger partial charge is 0.350 e. The molecule has 8 heteroatoms. The van der Waals surface area contributed by atoms with Gasteiger partial charge in [0.25, 0.3) is 5.91 Å². The molecule has 0 fully saturated rings. The number of anilines is 2. The highest BCUT2D eigenvalue weighted by atomic mass is 35.5. The Morgan fingerprint density at radius 2 is 1.78 bits per heavy atom. The zero-order chi connectivity index (χ0) is 19.4. The van der Waals surface area contributed by atoms with Crippen LogP contribution in [0, 0.1) is 0 Å². The topological polar surface area (TPSA) is 81.4 Å². The van der Waals surface area contributed by atoms with E-state index in [0.717, 1.165) is 4.90 Å². The molecule has 0 bridgehead atoms. The number of thiophene rings is 1. The summed E-state index contributed by atoms with van der Waals surface area (Å²) in [5.74, 6) is -0.887. The zero-order valence-corrected chi connectivity index (χ0v) is 16.6. The van der Waals surface area contributed by atoms with Crippen molar-refractivity contribution < 1.29 is 14.3 Å². The number of nitrogens with two attached hydrogens (primary N) is 1. The Bertz CT molecular complexity index is 973. The molecule has 1 aromatic heterocycles. The summed E-state index contributed by atoms with van der Waals surface area (Å²) in [7, 11) is 1.29. The van der Waals surface area contributed by atoms with Gasteiger partial charge in [0.1, 0.15) is 4.88 Å². The molecule has 0 aliphatic rings. The molecule has 0 aliphatic heterocycles. The van der Waals surface area contributed by atoms with Gasteiger partial charge in [-0.2, -0.15) is 0 Å². The van der Waals surface area contributed by atoms with Gasteiger partial charge in [-0.05, 0) is 36.4 Å². The van der Waals surface area contributed by atoms with Crippen LogP contribution in [0.15, 0.2) is 63.7 Å². The molecule has 0 saturated heterocycles. The van der Waals surface area contributed by atoms with Crippen molar-refractivity contribution in [3.8, 4) is 0 Å². The predicted octanol–water partition coefficient (Wildman–Crippen LogP) is 5.17. The number of esters is 1. The zero-order valence-electron chi connectivity index (χ0n) is 14.2. The van der Waals surface area contributed by atoms with E-state index >= 15 is 0 Å². The van der Waals surface area contributed by atoms with E-state index < -0.39 is 5.97 Å². The van der Waals surface area contributed by atoms with Crippen LogP contribution in [-0.2, 0) is 4.74 Å². The number of ether oxygens (including phenoxy) is 1. The molecule has 0 unspecified atom stereocenters. The van der Waals surface area contributed by atoms with Crippen LogP contribution in [0.4, 0.5) is 11.4 Å². The van der Waals surface area contributed by atoms with Crippen LogP contribution >= 0.6 is 34.7 Å². The summed E-state index contributed by atoms with van der Waals surface area (Å²) in [6.45, 7) is 0. The number of benzene rings is 2. The third kappa shape index (κ3) is 4.44. The second-order valence-corrected chi connectivity index (χ2v) is 8.17. The molecule has 1 heterocycles. The van der Waals surface area contributed by atoms with Gasteiger partial charge in [0, 0.05) is 15.5 Å². The Balaban J connectivity index is 1.96. The van der Waals surface area contributed by atoms with Crippen LogP contribution in [0.1, 0.15) is 20.0 Å². The fourth-order valence-corrected chi connectivity index (χ4v) is 4.67. The third-order valence-electron chi connectivity index (χ3n) is 3.58. The van der Waals surface area contributed by atoms with Crippen molar-refractivity contribution in [3.63, 3.8) is 0 Å². The van der Waals surface area contributed by atoms with E-state index in [1.807, 2.05) is 30.3 Å². The fourth-order valence-electron chi connectivity index (χ4n) is 2.24. The number of hydrogen-bond acceptors (Lipinski definition) is 6. The van der Waals surface area contributed by atoms with E-state index in [1.165, 1.54) is 30.2 Å². The van der Waals surface area contributed by atoms with Crippen molar-refractivity contribution in [3.05, 3.63) is 70.1 Å². The molecule has 0 atom stereocenters. The average molecular weight is 419 g/mol. The maximum Gasteiger partial charge on any atom is 0.350 e. The number of rotatable bonds is 5. The van der Waals surface area contributed by atoms with E-state index in [0.29, 0.717) is 20.5 Å². The number of nitrogen functional groups attached to an aromatic ring is 1. The van der Waals surface area contributed by atoms with Crippen molar-refractivity contribution in [2.24, 2.45) is 0 Å². The summed E-state index contributed by atoms with van der Waals surface area (Å²) < 4.78 is 5.49. The Kier molecular flexibility index (Phi) is 6.05. The minimum Gasteiger partial charge on any atom is -0.465 e. The Morgan fingerprint density at radius 3 is 2.41 bits per heavy atom. The summed E-state index contributed by atoms with van der Waals surface area (Å²) in [6, 6.07) is 16.1. The monoisotopic (exact) mass is 418 g/mol. The van der Waals surface area contributed by atoms with Gasteiger partial charge in [0.2, 0.25) is 0 Å². The Morgan fingerprint density at radius 1 is 1.11 bits per heavy atom. The summed E-state index contributed by atoms with van der Waals surface area (Å²) in [4.78, 5) is 25.8. The number of methoxy groups -OCH3 is 1. The van der Waals surface area contributed by atoms with Gasteiger partial charge >= 0.3 is 5.97 Å². The second kappa shape index (κ2) is 8.47. The average Bonchev–Trinajstić information content (AvgIpc) is 2.98. The Hall–Kier alpha value is -2.48. The van der Waals surface area contributed by atoms with E-state index in [4.69, 9.17) is 22.1 Å². The van der Waals surface area contributed by atoms with Gasteiger partial charge < -0.3 is 15.8 Å². The van der Waals surface area contributed by atoms with Crippen molar-refractivity contribution in [2.45, 2.75) is 9.10 Å². The number of amides is 1. The van der Waals surface area contributed by atoms with Crippen LogP contribution in [0.25, 0.3) is 0 Å². The maximum atomic E-state index is 12.6. The highest BCUT2D eigenvalue weighted by Crippen LogP contribution is 2.45. The fraction of sp³-hybridized carbons (Fsp3) is 0.0526. The van der Waals surface area contributed by atoms with Crippen LogP contribution in [-0.4, -0.2) is 19.0 Å². The van der Waals surface area contributed by atoms with Gasteiger partial charge in [0.05, 0.1) is 22.7 Å². The third-order valence-corrected chi connectivity index (χ3v) is 6.21. The van der Waals surface area contributed by atoms with Gasteiger partial charge in [-0.15, -0.1) is 11.3 Å². The minimum absolute atomic E-state index is 0.188. The number of hydrogen-bond donors (Lipinski definition) is 2. The molecule has 5 nitrogen and oxygen atoms in total. The van der Waals surface area contributed by atoms with Gasteiger partial charge in [-0.25, -0.2) is 4.79 Å². The van der Waals surface area contributed by atoms with E-state index in [9.17, 15) is 9.59 Å². The molecular formula is C19H15ClN2O3S2. The highest BCUT2D eigenvalue weighted by molar-refractivity contribution is 8.01. The van der Waals surface area contributed by atoms with Crippen LogP contribution in [0.5, 0.6) is 0 Å². The van der Waals surface area contributed by atoms with Gasteiger partial charge in [-0.3, -0.25) is 4.79 Å². The summed E-state index contributed by atoms with van der Waals surface area (Å²) in [6.07, 6.45) is 0. The van der Waals surface area contributed by atoms with Gasteiger partial charge in [0.15, 0.2) is 0 Å². The number of halogens is 1. The van der Waals surface area contributed by atoms with Crippen molar-refractivity contribution in [1.29, 1.82) is 0 Å². The normalized spacial score (nSPS) is 10.4. The molecular weight excluding hydrogens is 404 g/mol. The van der Waals surface area contributed by atoms with Crippen molar-refractivity contribution >= 4 is 58.0 Å². The molecule has 138 valence electrons. The highest BCUT2D eigenvalue weighted by Gasteiger charge is 2.24. The molecule has 3 rings (SSSR count). The summed E-state index contributed by atoms with van der Waals surface area (Å²) >= 11 is 8.46. The molecule has 3 aromatic rings. The first-order valence-electron chi connectivity index (χ1n) is 7.80. The number of carbonyl (C=O) groups is 2. The lowest BCUT2D eigenvalue weighted by Crippen LogP contribution is -2.13. The standard InChI is InChI=1S/C19H15ClN2O3S2/c1-25-18(24)16-14(21)15(19(27-16)26-13-5-3-2-4-6-13)22-17(23)11-7-9-12(20)10-8-11/h2-10H,21H2,1H3,(H,22,23). The van der Waals surface area contributed by atoms with E-state index in [2.05, 4.69) is 5.32 Å². The second-order valence-electron chi connectivity index (χ2n) is 5.38. The quantitative estimate of drug-likeness (QED) is 0.558. The summed E-state index contributed by atoms with van der Waals surface area (Å²) in [5.41, 5.74) is 7.16. The first kappa shape index (κ1) is 19.3. The Labute approximate surface area is 169 Å². The molecule has 0 saturated carbocycles. The van der Waals surface area contributed by atoms with Crippen LogP contribution in [0.3, 0.4) is 0 Å².